The maximum absolute atomic E-state index is 14.7. The number of ketones is 1. The number of benzene rings is 2. The van der Waals surface area contributed by atoms with Crippen molar-refractivity contribution in [2.75, 3.05) is 92.4 Å². The van der Waals surface area contributed by atoms with Crippen LogP contribution >= 0.6 is 0 Å². The van der Waals surface area contributed by atoms with E-state index in [1.807, 2.05) is 0 Å². The van der Waals surface area contributed by atoms with Gasteiger partial charge < -0.3 is 60.2 Å². The molecule has 0 aliphatic rings. The van der Waals surface area contributed by atoms with Gasteiger partial charge >= 0.3 is 0 Å². The second-order valence-corrected chi connectivity index (χ2v) is 14.2. The van der Waals surface area contributed by atoms with Gasteiger partial charge in [-0.1, -0.05) is 0 Å². The Kier molecular flexibility index (Phi) is 24.9. The number of nitrogens with two attached hydrogens (primary N) is 2. The third-order valence-corrected chi connectivity index (χ3v) is 9.16. The normalized spacial score (nSPS) is 12.8. The number of sulfonamides is 1. The molecule has 22 heteroatoms. The number of nitrogens with zero attached hydrogens (tertiary/aromatic N) is 1. The molecule has 2 unspecified atom stereocenters. The van der Waals surface area contributed by atoms with Crippen molar-refractivity contribution in [1.82, 2.24) is 10.0 Å². The van der Waals surface area contributed by atoms with E-state index in [0.717, 1.165) is 12.1 Å². The summed E-state index contributed by atoms with van der Waals surface area (Å²) in [6.45, 7) is 6.75. The molecule has 0 saturated carbocycles. The minimum absolute atomic E-state index is 0.0199. The predicted molar refractivity (Wildman–Crippen MR) is 212 cm³/mol. The van der Waals surface area contributed by atoms with Gasteiger partial charge in [-0.15, -0.1) is 0 Å². The van der Waals surface area contributed by atoms with Crippen molar-refractivity contribution >= 4 is 39.7 Å². The van der Waals surface area contributed by atoms with Crippen molar-refractivity contribution in [2.24, 2.45) is 16.5 Å². The monoisotopic (exact) mass is 875 g/mol. The zero-order chi connectivity index (χ0) is 44.3. The second-order valence-electron chi connectivity index (χ2n) is 12.5. The summed E-state index contributed by atoms with van der Waals surface area (Å²) < 4.78 is 94.8. The zero-order valence-electron chi connectivity index (χ0n) is 33.6. The number of aliphatic hydroxyl groups excluding tert-OH is 2. The first-order valence-electron chi connectivity index (χ1n) is 18.9. The number of nitrogens with one attached hydrogen (secondary N) is 2. The number of aliphatic hydroxyl groups is 2. The number of Topliss-reactive ketones (excluding diaryl/α,β-unsaturated/α-hetero) is 1. The molecular formula is C38H55F2N5O14S. The van der Waals surface area contributed by atoms with Crippen molar-refractivity contribution in [2.45, 2.75) is 43.8 Å². The Morgan fingerprint density at radius 2 is 1.27 bits per heavy atom. The summed E-state index contributed by atoms with van der Waals surface area (Å²) in [5.74, 6) is -5.56. The van der Waals surface area contributed by atoms with Crippen LogP contribution in [0, 0.1) is 11.6 Å². The maximum Gasteiger partial charge on any atom is 0.275 e. The van der Waals surface area contributed by atoms with E-state index in [-0.39, 0.29) is 67.7 Å². The molecule has 0 heterocycles. The Morgan fingerprint density at radius 3 is 1.75 bits per heavy atom. The van der Waals surface area contributed by atoms with Gasteiger partial charge in [0.2, 0.25) is 10.0 Å². The first kappa shape index (κ1) is 51.7. The standard InChI is InChI=1S/C38H55F2N5O14S/c1-3-43-37(50)34(48)33(47)32(46)5-4-11-53-13-15-55-17-19-57-21-22-58-20-18-56-16-14-54-12-10-44-60(51,52)29-8-6-28(7-9-29)59-35-30(39)24-27(25-31(35)40)23-26(2)36(49)45-38(41)42/h6-9,23-25,33-34,44,47-48H,3-5,10-22H2,1-2H3,(H,43,50)(H4,41,42,45,49)/b26-23+. The topological polar surface area (TPSA) is 279 Å². The SMILES string of the molecule is CCNC(=O)C(O)C(O)C(=O)CCCOCCOCCOCCOCCOCCOCCNS(=O)(=O)c1ccc(Oc2c(F)cc(/C=C(\C)C(=O)N=C(N)N)cc2F)cc1. The number of likely N-dealkylation sites (N-methyl/N-ethyl adjacent to an activating group) is 1. The number of hydrogen-bond donors (Lipinski definition) is 6. The summed E-state index contributed by atoms with van der Waals surface area (Å²) in [6.07, 6.45) is -2.10. The quantitative estimate of drug-likeness (QED) is 0.0253. The number of aliphatic imine (C=N–C) groups is 1. The Balaban J connectivity index is 1.47. The fourth-order valence-electron chi connectivity index (χ4n) is 4.71. The first-order chi connectivity index (χ1) is 28.7. The predicted octanol–water partition coefficient (Wildman–Crippen LogP) is 0.546. The molecule has 0 bridgehead atoms. The van der Waals surface area contributed by atoms with Crippen molar-refractivity contribution in [3.05, 3.63) is 59.2 Å². The number of carbonyl (C=O) groups excluding carboxylic acids is 3. The molecule has 2 aromatic rings. The van der Waals surface area contributed by atoms with Crippen LogP contribution in [0.15, 0.2) is 51.9 Å². The lowest BCUT2D eigenvalue weighted by Crippen LogP contribution is -2.45. The van der Waals surface area contributed by atoms with E-state index in [0.29, 0.717) is 59.3 Å². The van der Waals surface area contributed by atoms with Crippen LogP contribution in [0.4, 0.5) is 8.78 Å². The molecule has 0 fully saturated rings. The van der Waals surface area contributed by atoms with E-state index >= 15 is 0 Å². The number of carbonyl (C=O) groups is 3. The number of guanidine groups is 1. The summed E-state index contributed by atoms with van der Waals surface area (Å²) in [4.78, 5) is 38.5. The van der Waals surface area contributed by atoms with Crippen molar-refractivity contribution < 1.29 is 75.0 Å². The van der Waals surface area contributed by atoms with Gasteiger partial charge in [0.05, 0.1) is 77.6 Å². The molecule has 8 N–H and O–H groups in total. The molecule has 0 aliphatic carbocycles. The van der Waals surface area contributed by atoms with Crippen LogP contribution in [-0.4, -0.2) is 147 Å². The van der Waals surface area contributed by atoms with Crippen LogP contribution in [-0.2, 0) is 52.8 Å². The summed E-state index contributed by atoms with van der Waals surface area (Å²) in [6, 6.07) is 6.79. The molecule has 2 rings (SSSR count). The highest BCUT2D eigenvalue weighted by atomic mass is 32.2. The number of amides is 2. The van der Waals surface area contributed by atoms with Gasteiger partial charge in [-0.25, -0.2) is 21.9 Å². The molecule has 19 nitrogen and oxygen atoms in total. The lowest BCUT2D eigenvalue weighted by Gasteiger charge is -2.16. The van der Waals surface area contributed by atoms with Gasteiger partial charge in [-0.2, -0.15) is 4.99 Å². The van der Waals surface area contributed by atoms with Gasteiger partial charge in [0, 0.05) is 31.7 Å². The van der Waals surface area contributed by atoms with Crippen LogP contribution in [0.5, 0.6) is 11.5 Å². The lowest BCUT2D eigenvalue weighted by molar-refractivity contribution is -0.144. The van der Waals surface area contributed by atoms with Gasteiger partial charge in [0.1, 0.15) is 11.9 Å². The van der Waals surface area contributed by atoms with Gasteiger partial charge in [0.25, 0.3) is 11.8 Å². The fraction of sp³-hybridized carbons (Fsp3) is 0.526. The van der Waals surface area contributed by atoms with Crippen LogP contribution in [0.2, 0.25) is 0 Å². The van der Waals surface area contributed by atoms with E-state index < -0.39 is 63.2 Å². The molecule has 0 aliphatic heterocycles. The van der Waals surface area contributed by atoms with Crippen LogP contribution in [0.3, 0.4) is 0 Å². The van der Waals surface area contributed by atoms with E-state index in [1.54, 1.807) is 6.92 Å². The van der Waals surface area contributed by atoms with Crippen LogP contribution in [0.1, 0.15) is 32.3 Å². The van der Waals surface area contributed by atoms with Crippen LogP contribution < -0.4 is 26.2 Å². The fourth-order valence-corrected chi connectivity index (χ4v) is 5.72. The first-order valence-corrected chi connectivity index (χ1v) is 20.4. The molecular weight excluding hydrogens is 821 g/mol. The number of hydrogen-bond acceptors (Lipinski definition) is 14. The Bertz CT molecular complexity index is 1780. The Hall–Kier alpha value is -4.49. The average Bonchev–Trinajstić information content (AvgIpc) is 3.20. The summed E-state index contributed by atoms with van der Waals surface area (Å²) in [5.41, 5.74) is 10.4. The largest absolute Gasteiger partial charge is 0.451 e. The molecule has 336 valence electrons. The highest BCUT2D eigenvalue weighted by Gasteiger charge is 2.29. The minimum Gasteiger partial charge on any atom is -0.451 e. The highest BCUT2D eigenvalue weighted by molar-refractivity contribution is 7.89. The lowest BCUT2D eigenvalue weighted by atomic mass is 10.1. The van der Waals surface area contributed by atoms with Crippen molar-refractivity contribution in [3.63, 3.8) is 0 Å². The van der Waals surface area contributed by atoms with Crippen molar-refractivity contribution in [3.8, 4) is 11.5 Å². The number of halogens is 2. The maximum atomic E-state index is 14.7. The minimum atomic E-state index is -3.92. The molecule has 0 spiro atoms. The molecule has 2 atom stereocenters. The van der Waals surface area contributed by atoms with E-state index in [9.17, 15) is 41.8 Å². The van der Waals surface area contributed by atoms with Crippen LogP contribution in [0.25, 0.3) is 6.08 Å². The molecule has 2 aromatic carbocycles. The molecule has 60 heavy (non-hydrogen) atoms. The summed E-state index contributed by atoms with van der Waals surface area (Å²) in [5, 5.41) is 21.8. The number of rotatable bonds is 32. The summed E-state index contributed by atoms with van der Waals surface area (Å²) >= 11 is 0. The molecule has 2 amide bonds. The van der Waals surface area contributed by atoms with E-state index in [1.165, 1.54) is 37.3 Å². The Labute approximate surface area is 347 Å². The third-order valence-electron chi connectivity index (χ3n) is 7.68. The highest BCUT2D eigenvalue weighted by Crippen LogP contribution is 2.30. The number of ether oxygens (including phenoxy) is 7. The van der Waals surface area contributed by atoms with E-state index in [4.69, 9.17) is 44.6 Å². The third kappa shape index (κ3) is 20.7. The smallest absolute Gasteiger partial charge is 0.275 e. The molecule has 0 saturated heterocycles. The molecule has 0 aromatic heterocycles. The summed E-state index contributed by atoms with van der Waals surface area (Å²) in [7, 11) is -3.92. The molecule has 0 radical (unpaired) electrons. The zero-order valence-corrected chi connectivity index (χ0v) is 34.4. The Morgan fingerprint density at radius 1 is 0.783 bits per heavy atom. The van der Waals surface area contributed by atoms with Gasteiger partial charge in [-0.05, 0) is 68.3 Å². The van der Waals surface area contributed by atoms with Gasteiger partial charge in [-0.3, -0.25) is 14.4 Å². The van der Waals surface area contributed by atoms with E-state index in [2.05, 4.69) is 15.0 Å². The van der Waals surface area contributed by atoms with Crippen molar-refractivity contribution in [1.29, 1.82) is 0 Å². The second kappa shape index (κ2) is 28.9. The average molecular weight is 876 g/mol. The van der Waals surface area contributed by atoms with Gasteiger partial charge in [0.15, 0.2) is 35.2 Å².